The molecule has 2 heterocycles. The van der Waals surface area contributed by atoms with E-state index in [1.54, 1.807) is 0 Å². The Morgan fingerprint density at radius 3 is 2.81 bits per heavy atom. The van der Waals surface area contributed by atoms with Crippen LogP contribution in [-0.4, -0.2) is 49.2 Å². The van der Waals surface area contributed by atoms with Gasteiger partial charge in [0.2, 0.25) is 0 Å². The Bertz CT molecular complexity index is 446. The summed E-state index contributed by atoms with van der Waals surface area (Å²) in [6.45, 7) is 11.9. The van der Waals surface area contributed by atoms with Gasteiger partial charge >= 0.3 is 0 Å². The number of aryl methyl sites for hydroxylation is 1. The summed E-state index contributed by atoms with van der Waals surface area (Å²) in [6, 6.07) is 2.93. The maximum absolute atomic E-state index is 4.74. The summed E-state index contributed by atoms with van der Waals surface area (Å²) in [5.41, 5.74) is 2.58. The highest BCUT2D eigenvalue weighted by atomic mass is 15.3. The molecule has 0 aliphatic carbocycles. The smallest absolute Gasteiger partial charge is 0.131 e. The zero-order valence-electron chi connectivity index (χ0n) is 14.0. The van der Waals surface area contributed by atoms with Crippen LogP contribution in [0, 0.1) is 6.92 Å². The van der Waals surface area contributed by atoms with Crippen molar-refractivity contribution in [2.45, 2.75) is 46.2 Å². The molecule has 0 bridgehead atoms. The second-order valence-corrected chi connectivity index (χ2v) is 6.15. The van der Waals surface area contributed by atoms with Gasteiger partial charge in [-0.15, -0.1) is 0 Å². The predicted octanol–water partition coefficient (Wildman–Crippen LogP) is 2.42. The molecule has 1 aliphatic heterocycles. The maximum atomic E-state index is 4.74. The van der Waals surface area contributed by atoms with Crippen molar-refractivity contribution in [2.75, 3.05) is 38.1 Å². The SMILES string of the molecule is CCCNCc1cnc(N2CCN(C)C(CC)C2)c(C)c1. The molecule has 1 aromatic heterocycles. The molecule has 0 amide bonds. The van der Waals surface area contributed by atoms with Gasteiger partial charge in [-0.25, -0.2) is 4.98 Å². The fourth-order valence-electron chi connectivity index (χ4n) is 3.04. The highest BCUT2D eigenvalue weighted by Gasteiger charge is 2.24. The summed E-state index contributed by atoms with van der Waals surface area (Å²) in [7, 11) is 2.23. The van der Waals surface area contributed by atoms with Gasteiger partial charge in [0.05, 0.1) is 0 Å². The molecule has 4 nitrogen and oxygen atoms in total. The van der Waals surface area contributed by atoms with Crippen molar-refractivity contribution in [3.8, 4) is 0 Å². The van der Waals surface area contributed by atoms with Crippen molar-refractivity contribution < 1.29 is 0 Å². The van der Waals surface area contributed by atoms with Crippen molar-refractivity contribution in [3.63, 3.8) is 0 Å². The van der Waals surface area contributed by atoms with Crippen LogP contribution in [0.25, 0.3) is 0 Å². The zero-order chi connectivity index (χ0) is 15.2. The van der Waals surface area contributed by atoms with Gasteiger partial charge in [-0.05, 0) is 50.6 Å². The number of likely N-dealkylation sites (N-methyl/N-ethyl adjacent to an activating group) is 1. The largest absolute Gasteiger partial charge is 0.354 e. The number of nitrogens with one attached hydrogen (secondary N) is 1. The van der Waals surface area contributed by atoms with Crippen LogP contribution in [0.1, 0.15) is 37.8 Å². The second-order valence-electron chi connectivity index (χ2n) is 6.15. The van der Waals surface area contributed by atoms with Gasteiger partial charge in [-0.1, -0.05) is 13.8 Å². The van der Waals surface area contributed by atoms with Crippen molar-refractivity contribution in [1.29, 1.82) is 0 Å². The molecule has 1 aliphatic rings. The molecule has 4 heteroatoms. The summed E-state index contributed by atoms with van der Waals surface area (Å²) < 4.78 is 0. The van der Waals surface area contributed by atoms with Gasteiger partial charge in [0.1, 0.15) is 5.82 Å². The zero-order valence-corrected chi connectivity index (χ0v) is 14.0. The first-order chi connectivity index (χ1) is 10.2. The third-order valence-electron chi connectivity index (χ3n) is 4.41. The lowest BCUT2D eigenvalue weighted by atomic mass is 10.1. The second kappa shape index (κ2) is 7.76. The first-order valence-corrected chi connectivity index (χ1v) is 8.27. The molecule has 1 aromatic rings. The Morgan fingerprint density at radius 2 is 2.14 bits per heavy atom. The number of nitrogens with zero attached hydrogens (tertiary/aromatic N) is 3. The van der Waals surface area contributed by atoms with Crippen LogP contribution in [0.4, 0.5) is 5.82 Å². The summed E-state index contributed by atoms with van der Waals surface area (Å²) >= 11 is 0. The summed E-state index contributed by atoms with van der Waals surface area (Å²) in [5, 5.41) is 3.44. The van der Waals surface area contributed by atoms with Crippen molar-refractivity contribution in [2.24, 2.45) is 0 Å². The van der Waals surface area contributed by atoms with E-state index in [9.17, 15) is 0 Å². The van der Waals surface area contributed by atoms with Gasteiger partial charge < -0.3 is 10.2 Å². The highest BCUT2D eigenvalue weighted by molar-refractivity contribution is 5.48. The fraction of sp³-hybridized carbons (Fsp3) is 0.706. The molecule has 0 radical (unpaired) electrons. The monoisotopic (exact) mass is 290 g/mol. The van der Waals surface area contributed by atoms with E-state index in [4.69, 9.17) is 4.98 Å². The van der Waals surface area contributed by atoms with Crippen LogP contribution in [0.2, 0.25) is 0 Å². The van der Waals surface area contributed by atoms with Crippen molar-refractivity contribution in [3.05, 3.63) is 23.4 Å². The Morgan fingerprint density at radius 1 is 1.33 bits per heavy atom. The molecule has 0 aromatic carbocycles. The maximum Gasteiger partial charge on any atom is 0.131 e. The van der Waals surface area contributed by atoms with E-state index in [1.165, 1.54) is 29.8 Å². The fourth-order valence-corrected chi connectivity index (χ4v) is 3.04. The molecule has 2 rings (SSSR count). The molecule has 118 valence electrons. The topological polar surface area (TPSA) is 31.4 Å². The Balaban J connectivity index is 2.03. The standard InChI is InChI=1S/C17H30N4/c1-5-7-18-11-15-10-14(3)17(19-12-15)21-9-8-20(4)16(6-2)13-21/h10,12,16,18H,5-9,11,13H2,1-4H3. The average molecular weight is 290 g/mol. The van der Waals surface area contributed by atoms with E-state index in [2.05, 4.69) is 49.0 Å². The van der Waals surface area contributed by atoms with E-state index in [0.29, 0.717) is 6.04 Å². The van der Waals surface area contributed by atoms with E-state index >= 15 is 0 Å². The molecule has 0 spiro atoms. The van der Waals surface area contributed by atoms with Gasteiger partial charge in [-0.3, -0.25) is 4.90 Å². The molecular weight excluding hydrogens is 260 g/mol. The van der Waals surface area contributed by atoms with Crippen LogP contribution in [0.3, 0.4) is 0 Å². The normalized spacial score (nSPS) is 20.0. The highest BCUT2D eigenvalue weighted by Crippen LogP contribution is 2.22. The van der Waals surface area contributed by atoms with Gasteiger partial charge in [0, 0.05) is 38.4 Å². The average Bonchev–Trinajstić information content (AvgIpc) is 2.48. The Labute approximate surface area is 129 Å². The molecular formula is C17H30N4. The Hall–Kier alpha value is -1.13. The number of pyridine rings is 1. The van der Waals surface area contributed by atoms with Crippen LogP contribution in [0.15, 0.2) is 12.3 Å². The van der Waals surface area contributed by atoms with Crippen molar-refractivity contribution in [1.82, 2.24) is 15.2 Å². The lowest BCUT2D eigenvalue weighted by Crippen LogP contribution is -2.51. The summed E-state index contributed by atoms with van der Waals surface area (Å²) in [5.74, 6) is 1.17. The minimum atomic E-state index is 0.644. The van der Waals surface area contributed by atoms with E-state index < -0.39 is 0 Å². The van der Waals surface area contributed by atoms with E-state index in [1.807, 2.05) is 6.20 Å². The predicted molar refractivity (Wildman–Crippen MR) is 89.9 cm³/mol. The lowest BCUT2D eigenvalue weighted by molar-refractivity contribution is 0.213. The van der Waals surface area contributed by atoms with Gasteiger partial charge in [0.25, 0.3) is 0 Å². The molecule has 1 atom stereocenters. The first kappa shape index (κ1) is 16.2. The van der Waals surface area contributed by atoms with E-state index in [-0.39, 0.29) is 0 Å². The minimum Gasteiger partial charge on any atom is -0.354 e. The van der Waals surface area contributed by atoms with Gasteiger partial charge in [0.15, 0.2) is 0 Å². The summed E-state index contributed by atoms with van der Waals surface area (Å²) in [6.07, 6.45) is 4.40. The molecule has 1 N–H and O–H groups in total. The van der Waals surface area contributed by atoms with Crippen LogP contribution in [0.5, 0.6) is 0 Å². The molecule has 1 unspecified atom stereocenters. The summed E-state index contributed by atoms with van der Waals surface area (Å²) in [4.78, 5) is 9.66. The van der Waals surface area contributed by atoms with Crippen molar-refractivity contribution >= 4 is 5.82 Å². The third kappa shape index (κ3) is 4.17. The number of hydrogen-bond acceptors (Lipinski definition) is 4. The number of hydrogen-bond donors (Lipinski definition) is 1. The molecule has 1 fully saturated rings. The minimum absolute atomic E-state index is 0.644. The Kier molecular flexibility index (Phi) is 6.00. The lowest BCUT2D eigenvalue weighted by Gasteiger charge is -2.40. The molecule has 21 heavy (non-hydrogen) atoms. The van der Waals surface area contributed by atoms with Crippen LogP contribution < -0.4 is 10.2 Å². The number of aromatic nitrogens is 1. The van der Waals surface area contributed by atoms with E-state index in [0.717, 1.165) is 32.7 Å². The number of anilines is 1. The van der Waals surface area contributed by atoms with Gasteiger partial charge in [-0.2, -0.15) is 0 Å². The quantitative estimate of drug-likeness (QED) is 0.815. The number of piperazine rings is 1. The van der Waals surface area contributed by atoms with Crippen LogP contribution in [-0.2, 0) is 6.54 Å². The first-order valence-electron chi connectivity index (χ1n) is 8.27. The molecule has 0 saturated carbocycles. The third-order valence-corrected chi connectivity index (χ3v) is 4.41. The number of rotatable bonds is 6. The van der Waals surface area contributed by atoms with Crippen LogP contribution >= 0.6 is 0 Å². The molecule has 1 saturated heterocycles.